The molecule has 0 spiro atoms. The van der Waals surface area contributed by atoms with E-state index in [-0.39, 0.29) is 11.3 Å². The van der Waals surface area contributed by atoms with Gasteiger partial charge in [-0.15, -0.1) is 0 Å². The Kier molecular flexibility index (Phi) is 3.89. The highest BCUT2D eigenvalue weighted by molar-refractivity contribution is 6.03. The summed E-state index contributed by atoms with van der Waals surface area (Å²) in [6, 6.07) is 6.72. The summed E-state index contributed by atoms with van der Waals surface area (Å²) in [6.45, 7) is 5.94. The molecule has 0 atom stereocenters. The summed E-state index contributed by atoms with van der Waals surface area (Å²) < 4.78 is 0. The summed E-state index contributed by atoms with van der Waals surface area (Å²) in [6.07, 6.45) is 0.389. The lowest BCUT2D eigenvalue weighted by atomic mass is 9.92. The van der Waals surface area contributed by atoms with E-state index in [0.29, 0.717) is 17.7 Å². The van der Waals surface area contributed by atoms with Gasteiger partial charge in [0.15, 0.2) is 0 Å². The molecule has 4 nitrogen and oxygen atoms in total. The SMILES string of the molecule is CC(C)(C)CC(=O)Nc1ccccc1C(N)=O. The number of rotatable bonds is 3. The molecule has 0 fully saturated rings. The van der Waals surface area contributed by atoms with Crippen LogP contribution >= 0.6 is 0 Å². The summed E-state index contributed by atoms with van der Waals surface area (Å²) in [7, 11) is 0. The molecular formula is C13H18N2O2. The first kappa shape index (κ1) is 13.2. The molecule has 0 aliphatic heterocycles. The van der Waals surface area contributed by atoms with E-state index >= 15 is 0 Å². The van der Waals surface area contributed by atoms with Crippen molar-refractivity contribution < 1.29 is 9.59 Å². The summed E-state index contributed by atoms with van der Waals surface area (Å²) in [5.41, 5.74) is 5.93. The van der Waals surface area contributed by atoms with E-state index < -0.39 is 5.91 Å². The number of primary amides is 1. The molecule has 0 aliphatic carbocycles. The lowest BCUT2D eigenvalue weighted by Gasteiger charge is -2.17. The second kappa shape index (κ2) is 4.99. The van der Waals surface area contributed by atoms with Crippen molar-refractivity contribution in [2.45, 2.75) is 27.2 Å². The molecule has 0 bridgehead atoms. The highest BCUT2D eigenvalue weighted by Crippen LogP contribution is 2.20. The Morgan fingerprint density at radius 3 is 2.35 bits per heavy atom. The quantitative estimate of drug-likeness (QED) is 0.841. The van der Waals surface area contributed by atoms with Gasteiger partial charge in [0, 0.05) is 6.42 Å². The van der Waals surface area contributed by atoms with Crippen LogP contribution in [-0.4, -0.2) is 11.8 Å². The molecule has 1 aromatic rings. The Morgan fingerprint density at radius 1 is 1.24 bits per heavy atom. The summed E-state index contributed by atoms with van der Waals surface area (Å²) >= 11 is 0. The number of anilines is 1. The molecule has 0 unspecified atom stereocenters. The number of para-hydroxylation sites is 1. The van der Waals surface area contributed by atoms with Crippen molar-refractivity contribution in [3.05, 3.63) is 29.8 Å². The number of carbonyl (C=O) groups is 2. The molecule has 1 aromatic carbocycles. The Morgan fingerprint density at radius 2 is 1.82 bits per heavy atom. The zero-order valence-corrected chi connectivity index (χ0v) is 10.4. The molecular weight excluding hydrogens is 216 g/mol. The van der Waals surface area contributed by atoms with Gasteiger partial charge in [0.1, 0.15) is 0 Å². The zero-order chi connectivity index (χ0) is 13.1. The number of nitrogens with one attached hydrogen (secondary N) is 1. The third-order valence-electron chi connectivity index (χ3n) is 2.16. The first-order valence-corrected chi connectivity index (χ1v) is 5.48. The largest absolute Gasteiger partial charge is 0.366 e. The van der Waals surface area contributed by atoms with E-state index in [9.17, 15) is 9.59 Å². The van der Waals surface area contributed by atoms with Crippen molar-refractivity contribution in [1.29, 1.82) is 0 Å². The maximum absolute atomic E-state index is 11.7. The minimum absolute atomic E-state index is 0.0915. The molecule has 1 rings (SSSR count). The predicted molar refractivity (Wildman–Crippen MR) is 67.7 cm³/mol. The standard InChI is InChI=1S/C13H18N2O2/c1-13(2,3)8-11(16)15-10-7-5-4-6-9(10)12(14)17/h4-7H,8H2,1-3H3,(H2,14,17)(H,15,16). The second-order valence-electron chi connectivity index (χ2n) is 5.20. The third-order valence-corrected chi connectivity index (χ3v) is 2.16. The van der Waals surface area contributed by atoms with Gasteiger partial charge >= 0.3 is 0 Å². The first-order chi connectivity index (χ1) is 7.79. The summed E-state index contributed by atoms with van der Waals surface area (Å²) in [5.74, 6) is -0.664. The van der Waals surface area contributed by atoms with Gasteiger partial charge in [-0.05, 0) is 17.5 Å². The number of nitrogens with two attached hydrogens (primary N) is 1. The van der Waals surface area contributed by atoms with Crippen LogP contribution in [0.2, 0.25) is 0 Å². The van der Waals surface area contributed by atoms with Gasteiger partial charge in [-0.3, -0.25) is 9.59 Å². The zero-order valence-electron chi connectivity index (χ0n) is 10.4. The minimum Gasteiger partial charge on any atom is -0.366 e. The van der Waals surface area contributed by atoms with Crippen LogP contribution in [0, 0.1) is 5.41 Å². The van der Waals surface area contributed by atoms with Crippen LogP contribution in [-0.2, 0) is 4.79 Å². The third kappa shape index (κ3) is 4.26. The molecule has 0 saturated carbocycles. The van der Waals surface area contributed by atoms with Crippen LogP contribution in [0.1, 0.15) is 37.6 Å². The van der Waals surface area contributed by atoms with Crippen LogP contribution in [0.4, 0.5) is 5.69 Å². The molecule has 17 heavy (non-hydrogen) atoms. The fourth-order valence-corrected chi connectivity index (χ4v) is 1.48. The van der Waals surface area contributed by atoms with Gasteiger partial charge in [-0.1, -0.05) is 32.9 Å². The topological polar surface area (TPSA) is 72.2 Å². The van der Waals surface area contributed by atoms with Gasteiger partial charge in [0.2, 0.25) is 5.91 Å². The lowest BCUT2D eigenvalue weighted by Crippen LogP contribution is -2.22. The molecule has 0 aliphatic rings. The highest BCUT2D eigenvalue weighted by atomic mass is 16.2. The molecule has 2 amide bonds. The monoisotopic (exact) mass is 234 g/mol. The van der Waals surface area contributed by atoms with Gasteiger partial charge in [-0.2, -0.15) is 0 Å². The van der Waals surface area contributed by atoms with Gasteiger partial charge < -0.3 is 11.1 Å². The Bertz CT molecular complexity index is 433. The molecule has 0 heterocycles. The Hall–Kier alpha value is -1.84. The molecule has 4 heteroatoms. The normalized spacial score (nSPS) is 11.0. The van der Waals surface area contributed by atoms with E-state index in [4.69, 9.17) is 5.73 Å². The van der Waals surface area contributed by atoms with E-state index in [1.54, 1.807) is 24.3 Å². The first-order valence-electron chi connectivity index (χ1n) is 5.48. The maximum Gasteiger partial charge on any atom is 0.250 e. The lowest BCUT2D eigenvalue weighted by molar-refractivity contribution is -0.117. The van der Waals surface area contributed by atoms with Crippen LogP contribution in [0.15, 0.2) is 24.3 Å². The van der Waals surface area contributed by atoms with Crippen LogP contribution in [0.3, 0.4) is 0 Å². The van der Waals surface area contributed by atoms with E-state index in [2.05, 4.69) is 5.32 Å². The van der Waals surface area contributed by atoms with Crippen molar-refractivity contribution >= 4 is 17.5 Å². The molecule has 92 valence electrons. The van der Waals surface area contributed by atoms with Crippen molar-refractivity contribution in [1.82, 2.24) is 0 Å². The Labute approximate surface area is 101 Å². The van der Waals surface area contributed by atoms with Crippen LogP contribution in [0.25, 0.3) is 0 Å². The van der Waals surface area contributed by atoms with Crippen molar-refractivity contribution in [2.75, 3.05) is 5.32 Å². The summed E-state index contributed by atoms with van der Waals surface area (Å²) in [4.78, 5) is 22.9. The van der Waals surface area contributed by atoms with Gasteiger partial charge in [0.05, 0.1) is 11.3 Å². The molecule has 0 aromatic heterocycles. The number of amides is 2. The highest BCUT2D eigenvalue weighted by Gasteiger charge is 2.17. The van der Waals surface area contributed by atoms with E-state index in [1.807, 2.05) is 20.8 Å². The Balaban J connectivity index is 2.82. The van der Waals surface area contributed by atoms with E-state index in [1.165, 1.54) is 0 Å². The average molecular weight is 234 g/mol. The average Bonchev–Trinajstić information content (AvgIpc) is 2.14. The molecule has 3 N–H and O–H groups in total. The second-order valence-corrected chi connectivity index (χ2v) is 5.20. The van der Waals surface area contributed by atoms with Crippen LogP contribution < -0.4 is 11.1 Å². The van der Waals surface area contributed by atoms with Crippen molar-refractivity contribution in [3.8, 4) is 0 Å². The number of hydrogen-bond acceptors (Lipinski definition) is 2. The fourth-order valence-electron chi connectivity index (χ4n) is 1.48. The van der Waals surface area contributed by atoms with Crippen LogP contribution in [0.5, 0.6) is 0 Å². The number of hydrogen-bond donors (Lipinski definition) is 2. The van der Waals surface area contributed by atoms with Crippen molar-refractivity contribution in [3.63, 3.8) is 0 Å². The van der Waals surface area contributed by atoms with Gasteiger partial charge in [-0.25, -0.2) is 0 Å². The van der Waals surface area contributed by atoms with E-state index in [0.717, 1.165) is 0 Å². The molecule has 0 radical (unpaired) electrons. The number of carbonyl (C=O) groups excluding carboxylic acids is 2. The fraction of sp³-hybridized carbons (Fsp3) is 0.385. The minimum atomic E-state index is -0.545. The van der Waals surface area contributed by atoms with Crippen molar-refractivity contribution in [2.24, 2.45) is 11.1 Å². The maximum atomic E-state index is 11.7. The van der Waals surface area contributed by atoms with Gasteiger partial charge in [0.25, 0.3) is 5.91 Å². The number of benzene rings is 1. The smallest absolute Gasteiger partial charge is 0.250 e. The molecule has 0 saturated heterocycles. The summed E-state index contributed by atoms with van der Waals surface area (Å²) in [5, 5.41) is 2.71. The predicted octanol–water partition coefficient (Wildman–Crippen LogP) is 2.16.